The second-order valence-corrected chi connectivity index (χ2v) is 3.39. The number of benzene rings is 1. The second kappa shape index (κ2) is 6.30. The number of nitro groups is 1. The highest BCUT2D eigenvalue weighted by atomic mass is 16.6. The van der Waals surface area contributed by atoms with Gasteiger partial charge >= 0.3 is 0 Å². The lowest BCUT2D eigenvalue weighted by Crippen LogP contribution is -1.93. The van der Waals surface area contributed by atoms with E-state index in [9.17, 15) is 10.1 Å². The second-order valence-electron chi connectivity index (χ2n) is 3.39. The number of nitro benzene ring substituents is 1. The molecular weight excluding hydrogens is 220 g/mol. The summed E-state index contributed by atoms with van der Waals surface area (Å²) in [4.78, 5) is 13.0. The average molecular weight is 232 g/mol. The van der Waals surface area contributed by atoms with Gasteiger partial charge in [-0.25, -0.2) is 0 Å². The fourth-order valence-corrected chi connectivity index (χ4v) is 1.41. The van der Waals surface area contributed by atoms with Crippen LogP contribution in [0.2, 0.25) is 0 Å². The molecule has 0 aliphatic heterocycles. The van der Waals surface area contributed by atoms with E-state index in [0.29, 0.717) is 18.5 Å². The third kappa shape index (κ3) is 3.62. The molecule has 0 aliphatic carbocycles. The lowest BCUT2D eigenvalue weighted by atomic mass is 10.1. The SMILES string of the molecule is Cc1c(C=CCCN=[N+]=[N-])cccc1[N+](=O)[O-]. The van der Waals surface area contributed by atoms with E-state index in [0.717, 1.165) is 5.56 Å². The maximum atomic E-state index is 10.7. The summed E-state index contributed by atoms with van der Waals surface area (Å²) in [6.45, 7) is 2.10. The molecule has 0 unspecified atom stereocenters. The van der Waals surface area contributed by atoms with Crippen molar-refractivity contribution in [1.29, 1.82) is 0 Å². The quantitative estimate of drug-likeness (QED) is 0.194. The molecule has 0 amide bonds. The summed E-state index contributed by atoms with van der Waals surface area (Å²) < 4.78 is 0. The molecular formula is C11H12N4O2. The minimum absolute atomic E-state index is 0.113. The van der Waals surface area contributed by atoms with E-state index in [1.165, 1.54) is 6.07 Å². The van der Waals surface area contributed by atoms with Crippen molar-refractivity contribution in [2.45, 2.75) is 13.3 Å². The van der Waals surface area contributed by atoms with Gasteiger partial charge in [-0.15, -0.1) is 0 Å². The van der Waals surface area contributed by atoms with Crippen LogP contribution in [-0.2, 0) is 0 Å². The van der Waals surface area contributed by atoms with Gasteiger partial charge in [0.25, 0.3) is 5.69 Å². The molecule has 0 saturated carbocycles. The van der Waals surface area contributed by atoms with E-state index in [2.05, 4.69) is 10.0 Å². The van der Waals surface area contributed by atoms with Crippen LogP contribution < -0.4 is 0 Å². The topological polar surface area (TPSA) is 91.9 Å². The van der Waals surface area contributed by atoms with Crippen molar-refractivity contribution in [3.63, 3.8) is 0 Å². The minimum atomic E-state index is -0.396. The van der Waals surface area contributed by atoms with E-state index in [4.69, 9.17) is 5.53 Å². The van der Waals surface area contributed by atoms with Gasteiger partial charge in [-0.1, -0.05) is 29.4 Å². The van der Waals surface area contributed by atoms with Crippen LogP contribution in [0.5, 0.6) is 0 Å². The predicted molar refractivity (Wildman–Crippen MR) is 65.5 cm³/mol. The van der Waals surface area contributed by atoms with Gasteiger partial charge in [-0.05, 0) is 24.4 Å². The van der Waals surface area contributed by atoms with Crippen LogP contribution in [0.15, 0.2) is 29.4 Å². The van der Waals surface area contributed by atoms with Crippen molar-refractivity contribution in [2.75, 3.05) is 6.54 Å². The maximum absolute atomic E-state index is 10.7. The van der Waals surface area contributed by atoms with E-state index in [-0.39, 0.29) is 5.69 Å². The number of hydrogen-bond acceptors (Lipinski definition) is 3. The van der Waals surface area contributed by atoms with Gasteiger partial charge in [0.1, 0.15) is 0 Å². The first kappa shape index (κ1) is 12.7. The molecule has 17 heavy (non-hydrogen) atoms. The zero-order valence-electron chi connectivity index (χ0n) is 9.41. The summed E-state index contributed by atoms with van der Waals surface area (Å²) in [7, 11) is 0. The van der Waals surface area contributed by atoms with Crippen LogP contribution in [0.1, 0.15) is 17.5 Å². The molecule has 1 aromatic carbocycles. The molecule has 1 rings (SSSR count). The molecule has 0 fully saturated rings. The zero-order chi connectivity index (χ0) is 12.7. The smallest absolute Gasteiger partial charge is 0.258 e. The third-order valence-electron chi connectivity index (χ3n) is 2.30. The van der Waals surface area contributed by atoms with E-state index in [1.807, 2.05) is 12.1 Å². The lowest BCUT2D eigenvalue weighted by molar-refractivity contribution is -0.385. The standard InChI is InChI=1S/C11H12N4O2/c1-9-10(5-2-3-8-13-14-12)6-4-7-11(9)15(16)17/h2,4-7H,3,8H2,1H3. The molecule has 0 heterocycles. The van der Waals surface area contributed by atoms with Gasteiger partial charge < -0.3 is 0 Å². The highest BCUT2D eigenvalue weighted by Gasteiger charge is 2.10. The molecule has 0 radical (unpaired) electrons. The van der Waals surface area contributed by atoms with Crippen molar-refractivity contribution in [2.24, 2.45) is 5.11 Å². The molecule has 1 aromatic rings. The molecule has 88 valence electrons. The highest BCUT2D eigenvalue weighted by molar-refractivity contribution is 5.59. The van der Waals surface area contributed by atoms with E-state index < -0.39 is 4.92 Å². The predicted octanol–water partition coefficient (Wildman–Crippen LogP) is 3.62. The highest BCUT2D eigenvalue weighted by Crippen LogP contribution is 2.21. The molecule has 0 aromatic heterocycles. The summed E-state index contributed by atoms with van der Waals surface area (Å²) in [5, 5.41) is 14.1. The minimum Gasteiger partial charge on any atom is -0.258 e. The van der Waals surface area contributed by atoms with Gasteiger partial charge in [0.15, 0.2) is 0 Å². The van der Waals surface area contributed by atoms with Gasteiger partial charge in [0.05, 0.1) is 4.92 Å². The van der Waals surface area contributed by atoms with Gasteiger partial charge in [-0.3, -0.25) is 10.1 Å². The fourth-order valence-electron chi connectivity index (χ4n) is 1.41. The molecule has 0 atom stereocenters. The summed E-state index contributed by atoms with van der Waals surface area (Å²) in [5.74, 6) is 0. The Morgan fingerprint density at radius 2 is 2.35 bits per heavy atom. The van der Waals surface area contributed by atoms with Crippen molar-refractivity contribution in [1.82, 2.24) is 0 Å². The maximum Gasteiger partial charge on any atom is 0.272 e. The molecule has 0 bridgehead atoms. The Balaban J connectivity index is 2.81. The van der Waals surface area contributed by atoms with Crippen LogP contribution in [0.25, 0.3) is 16.5 Å². The number of hydrogen-bond donors (Lipinski definition) is 0. The Bertz CT molecular complexity index is 490. The van der Waals surface area contributed by atoms with Gasteiger partial charge in [0.2, 0.25) is 0 Å². The molecule has 6 heteroatoms. The van der Waals surface area contributed by atoms with Crippen LogP contribution in [0, 0.1) is 17.0 Å². The first-order chi connectivity index (χ1) is 8.16. The molecule has 6 nitrogen and oxygen atoms in total. The fraction of sp³-hybridized carbons (Fsp3) is 0.273. The molecule has 0 aliphatic rings. The average Bonchev–Trinajstić information content (AvgIpc) is 2.30. The number of rotatable bonds is 5. The van der Waals surface area contributed by atoms with Crippen LogP contribution in [-0.4, -0.2) is 11.5 Å². The first-order valence-corrected chi connectivity index (χ1v) is 5.08. The van der Waals surface area contributed by atoms with Crippen LogP contribution >= 0.6 is 0 Å². The van der Waals surface area contributed by atoms with Crippen molar-refractivity contribution in [3.8, 4) is 0 Å². The summed E-state index contributed by atoms with van der Waals surface area (Å²) in [6.07, 6.45) is 4.25. The Hall–Kier alpha value is -2.33. The Morgan fingerprint density at radius 3 is 3.00 bits per heavy atom. The summed E-state index contributed by atoms with van der Waals surface area (Å²) in [6, 6.07) is 4.94. The van der Waals surface area contributed by atoms with Crippen LogP contribution in [0.4, 0.5) is 5.69 Å². The van der Waals surface area contributed by atoms with Crippen molar-refractivity contribution >= 4 is 11.8 Å². The Kier molecular flexibility index (Phi) is 4.72. The summed E-state index contributed by atoms with van der Waals surface area (Å²) in [5.41, 5.74) is 9.64. The number of nitrogens with zero attached hydrogens (tertiary/aromatic N) is 4. The molecule has 0 N–H and O–H groups in total. The monoisotopic (exact) mass is 232 g/mol. The largest absolute Gasteiger partial charge is 0.272 e. The van der Waals surface area contributed by atoms with E-state index in [1.54, 1.807) is 19.1 Å². The van der Waals surface area contributed by atoms with Gasteiger partial charge in [0, 0.05) is 23.1 Å². The summed E-state index contributed by atoms with van der Waals surface area (Å²) >= 11 is 0. The first-order valence-electron chi connectivity index (χ1n) is 5.08. The Morgan fingerprint density at radius 1 is 1.59 bits per heavy atom. The van der Waals surface area contributed by atoms with Crippen molar-refractivity contribution in [3.05, 3.63) is 56.0 Å². The normalized spacial score (nSPS) is 10.2. The van der Waals surface area contributed by atoms with Crippen molar-refractivity contribution < 1.29 is 4.92 Å². The zero-order valence-corrected chi connectivity index (χ0v) is 9.41. The number of azide groups is 1. The van der Waals surface area contributed by atoms with Crippen LogP contribution in [0.3, 0.4) is 0 Å². The van der Waals surface area contributed by atoms with Gasteiger partial charge in [-0.2, -0.15) is 0 Å². The third-order valence-corrected chi connectivity index (χ3v) is 2.30. The lowest BCUT2D eigenvalue weighted by Gasteiger charge is -2.00. The molecule has 0 spiro atoms. The van der Waals surface area contributed by atoms with E-state index >= 15 is 0 Å². The Labute approximate surface area is 98.4 Å². The molecule has 0 saturated heterocycles.